The van der Waals surface area contributed by atoms with Gasteiger partial charge < -0.3 is 18.8 Å². The summed E-state index contributed by atoms with van der Waals surface area (Å²) in [6, 6.07) is 12.9. The third kappa shape index (κ3) is 4.35. The van der Waals surface area contributed by atoms with E-state index in [1.54, 1.807) is 35.7 Å². The maximum absolute atomic E-state index is 6.50. The number of imidazole rings is 1. The van der Waals surface area contributed by atoms with E-state index in [2.05, 4.69) is 15.1 Å². The molecule has 1 aliphatic heterocycles. The molecule has 0 spiro atoms. The molecule has 5 rings (SSSR count). The van der Waals surface area contributed by atoms with Crippen LogP contribution in [0.4, 0.5) is 0 Å². The van der Waals surface area contributed by atoms with Crippen molar-refractivity contribution in [1.82, 2.24) is 24.3 Å². The molecule has 8 nitrogen and oxygen atoms in total. The number of benzene rings is 2. The van der Waals surface area contributed by atoms with Crippen molar-refractivity contribution in [2.75, 3.05) is 13.2 Å². The van der Waals surface area contributed by atoms with E-state index in [0.29, 0.717) is 41.1 Å². The van der Waals surface area contributed by atoms with Gasteiger partial charge in [0.25, 0.3) is 0 Å². The average molecular weight is 472 g/mol. The van der Waals surface area contributed by atoms with Crippen LogP contribution in [0.15, 0.2) is 73.8 Å². The van der Waals surface area contributed by atoms with Crippen LogP contribution in [0.25, 0.3) is 5.69 Å². The zero-order valence-corrected chi connectivity index (χ0v) is 18.4. The first-order chi connectivity index (χ1) is 15.6. The fourth-order valence-electron chi connectivity index (χ4n) is 3.60. The van der Waals surface area contributed by atoms with E-state index in [1.165, 1.54) is 6.33 Å². The van der Waals surface area contributed by atoms with Crippen molar-refractivity contribution in [2.24, 2.45) is 0 Å². The van der Waals surface area contributed by atoms with Crippen molar-refractivity contribution in [1.29, 1.82) is 0 Å². The Morgan fingerprint density at radius 3 is 2.69 bits per heavy atom. The Hall–Kier alpha value is -2.91. The Kier molecular flexibility index (Phi) is 5.84. The molecule has 1 fully saturated rings. The molecule has 32 heavy (non-hydrogen) atoms. The molecule has 0 radical (unpaired) electrons. The summed E-state index contributed by atoms with van der Waals surface area (Å²) < 4.78 is 22.1. The van der Waals surface area contributed by atoms with Gasteiger partial charge in [-0.2, -0.15) is 5.10 Å². The number of halogens is 2. The number of ether oxygens (including phenoxy) is 3. The first-order valence-corrected chi connectivity index (χ1v) is 10.7. The molecule has 0 N–H and O–H groups in total. The highest BCUT2D eigenvalue weighted by molar-refractivity contribution is 6.35. The van der Waals surface area contributed by atoms with Crippen LogP contribution in [0.1, 0.15) is 5.56 Å². The highest BCUT2D eigenvalue weighted by Gasteiger charge is 2.45. The van der Waals surface area contributed by atoms with E-state index in [4.69, 9.17) is 37.4 Å². The number of hydrogen-bond donors (Lipinski definition) is 0. The van der Waals surface area contributed by atoms with Crippen LogP contribution in [0.2, 0.25) is 10.0 Å². The topological polar surface area (TPSA) is 76.2 Å². The number of hydrogen-bond acceptors (Lipinski definition) is 6. The van der Waals surface area contributed by atoms with Crippen molar-refractivity contribution in [3.05, 3.63) is 89.4 Å². The lowest BCUT2D eigenvalue weighted by Gasteiger charge is -2.30. The summed E-state index contributed by atoms with van der Waals surface area (Å²) in [4.78, 5) is 8.06. The van der Waals surface area contributed by atoms with Gasteiger partial charge >= 0.3 is 0 Å². The molecule has 2 atom stereocenters. The van der Waals surface area contributed by atoms with Gasteiger partial charge in [-0.1, -0.05) is 29.3 Å². The lowest BCUT2D eigenvalue weighted by molar-refractivity contribution is -0.189. The van der Waals surface area contributed by atoms with E-state index in [-0.39, 0.29) is 6.10 Å². The number of nitrogens with zero attached hydrogens (tertiary/aromatic N) is 5. The van der Waals surface area contributed by atoms with Crippen LogP contribution < -0.4 is 4.74 Å². The summed E-state index contributed by atoms with van der Waals surface area (Å²) in [6.45, 7) is 1.06. The maximum Gasteiger partial charge on any atom is 0.215 e. The van der Waals surface area contributed by atoms with Gasteiger partial charge in [0.05, 0.1) is 30.2 Å². The molecule has 10 heteroatoms. The van der Waals surface area contributed by atoms with Gasteiger partial charge in [-0.25, -0.2) is 14.6 Å². The second-order valence-electron chi connectivity index (χ2n) is 7.31. The van der Waals surface area contributed by atoms with Crippen LogP contribution >= 0.6 is 23.2 Å². The lowest BCUT2D eigenvalue weighted by atomic mass is 10.1. The maximum atomic E-state index is 6.50. The van der Waals surface area contributed by atoms with E-state index < -0.39 is 5.79 Å². The average Bonchev–Trinajstić information content (AvgIpc) is 3.56. The Morgan fingerprint density at radius 1 is 1.09 bits per heavy atom. The standard InChI is InChI=1S/C22H19Cl2N5O3/c23-16-1-6-20(21(24)9-16)22(12-28-8-7-25-14-28)31-11-19(32-22)10-30-18-4-2-17(3-5-18)29-15-26-13-27-29/h1-9,13-15,19H,10-12H2/t19-,22+/m0/s1. The normalized spacial score (nSPS) is 20.5. The quantitative estimate of drug-likeness (QED) is 0.403. The van der Waals surface area contributed by atoms with E-state index in [0.717, 1.165) is 5.69 Å². The number of aromatic nitrogens is 5. The van der Waals surface area contributed by atoms with E-state index in [1.807, 2.05) is 41.1 Å². The Morgan fingerprint density at radius 2 is 1.97 bits per heavy atom. The van der Waals surface area contributed by atoms with Gasteiger partial charge in [0.15, 0.2) is 0 Å². The summed E-state index contributed by atoms with van der Waals surface area (Å²) >= 11 is 12.6. The van der Waals surface area contributed by atoms with Crippen molar-refractivity contribution >= 4 is 23.2 Å². The van der Waals surface area contributed by atoms with Crippen LogP contribution in [0, 0.1) is 0 Å². The summed E-state index contributed by atoms with van der Waals surface area (Å²) in [6.07, 6.45) is 8.10. The van der Waals surface area contributed by atoms with E-state index >= 15 is 0 Å². The smallest absolute Gasteiger partial charge is 0.215 e. The van der Waals surface area contributed by atoms with Gasteiger partial charge in [0.2, 0.25) is 5.79 Å². The minimum atomic E-state index is -1.08. The van der Waals surface area contributed by atoms with Crippen LogP contribution in [0.5, 0.6) is 5.75 Å². The molecule has 0 saturated carbocycles. The molecule has 1 saturated heterocycles. The third-order valence-electron chi connectivity index (χ3n) is 5.11. The van der Waals surface area contributed by atoms with Crippen molar-refractivity contribution < 1.29 is 14.2 Å². The molecule has 1 aliphatic rings. The van der Waals surface area contributed by atoms with Gasteiger partial charge in [0.1, 0.15) is 31.1 Å². The first kappa shape index (κ1) is 21.0. The van der Waals surface area contributed by atoms with Gasteiger partial charge in [-0.3, -0.25) is 0 Å². The lowest BCUT2D eigenvalue weighted by Crippen LogP contribution is -2.34. The van der Waals surface area contributed by atoms with Crippen LogP contribution in [-0.4, -0.2) is 43.6 Å². The monoisotopic (exact) mass is 471 g/mol. The zero-order valence-electron chi connectivity index (χ0n) is 16.8. The second-order valence-corrected chi connectivity index (χ2v) is 8.15. The molecule has 4 aromatic rings. The molecule has 0 unspecified atom stereocenters. The fourth-order valence-corrected chi connectivity index (χ4v) is 4.15. The molecular weight excluding hydrogens is 453 g/mol. The molecule has 3 heterocycles. The Balaban J connectivity index is 1.30. The minimum absolute atomic E-state index is 0.291. The molecule has 0 bridgehead atoms. The Bertz CT molecular complexity index is 1170. The first-order valence-electron chi connectivity index (χ1n) is 9.92. The van der Waals surface area contributed by atoms with Gasteiger partial charge in [0, 0.05) is 23.0 Å². The van der Waals surface area contributed by atoms with Crippen LogP contribution in [-0.2, 0) is 21.8 Å². The Labute approximate surface area is 194 Å². The summed E-state index contributed by atoms with van der Waals surface area (Å²) in [5, 5.41) is 5.14. The molecule has 164 valence electrons. The molecular formula is C22H19Cl2N5O3. The predicted molar refractivity (Wildman–Crippen MR) is 118 cm³/mol. The molecule has 0 amide bonds. The molecule has 2 aromatic heterocycles. The third-order valence-corrected chi connectivity index (χ3v) is 5.65. The molecule has 0 aliphatic carbocycles. The van der Waals surface area contributed by atoms with Gasteiger partial charge in [-0.05, 0) is 36.4 Å². The highest BCUT2D eigenvalue weighted by Crippen LogP contribution is 2.40. The molecule has 2 aromatic carbocycles. The fraction of sp³-hybridized carbons (Fsp3) is 0.227. The summed E-state index contributed by atoms with van der Waals surface area (Å²) in [5.74, 6) is -0.359. The van der Waals surface area contributed by atoms with Crippen molar-refractivity contribution in [3.63, 3.8) is 0 Å². The summed E-state index contributed by atoms with van der Waals surface area (Å²) in [5.41, 5.74) is 1.60. The van der Waals surface area contributed by atoms with Gasteiger partial charge in [-0.15, -0.1) is 0 Å². The highest BCUT2D eigenvalue weighted by atomic mass is 35.5. The SMILES string of the molecule is Clc1ccc([C@]2(Cn3ccnc3)OC[C@H](COc3ccc(-n4cncn4)cc3)O2)c(Cl)c1. The predicted octanol–water partition coefficient (Wildman–Crippen LogP) is 4.12. The second kappa shape index (κ2) is 8.91. The largest absolute Gasteiger partial charge is 0.491 e. The van der Waals surface area contributed by atoms with Crippen molar-refractivity contribution in [2.45, 2.75) is 18.4 Å². The van der Waals surface area contributed by atoms with Crippen LogP contribution in [0.3, 0.4) is 0 Å². The minimum Gasteiger partial charge on any atom is -0.491 e. The van der Waals surface area contributed by atoms with Crippen molar-refractivity contribution in [3.8, 4) is 11.4 Å². The zero-order chi connectivity index (χ0) is 22.0. The number of rotatable bonds is 7. The summed E-state index contributed by atoms with van der Waals surface area (Å²) in [7, 11) is 0. The van der Waals surface area contributed by atoms with E-state index in [9.17, 15) is 0 Å².